The number of hydrogen-bond acceptors (Lipinski definition) is 7. The minimum atomic E-state index is -0.394. The highest BCUT2D eigenvalue weighted by atomic mass is 16.5. The maximum Gasteiger partial charge on any atom is 0.306 e. The summed E-state index contributed by atoms with van der Waals surface area (Å²) in [5, 5.41) is 20.2. The summed E-state index contributed by atoms with van der Waals surface area (Å²) in [4.78, 5) is 27.4. The lowest BCUT2D eigenvalue weighted by Gasteiger charge is -2.25. The molecule has 0 rings (SSSR count). The first kappa shape index (κ1) is 52.8. The normalized spacial score (nSPS) is 12.8. The summed E-state index contributed by atoms with van der Waals surface area (Å²) in [6.07, 6.45) is 36.7. The van der Waals surface area contributed by atoms with E-state index in [4.69, 9.17) is 9.47 Å². The molecule has 2 unspecified atom stereocenters. The van der Waals surface area contributed by atoms with Crippen LogP contribution in [-0.2, 0) is 19.1 Å². The van der Waals surface area contributed by atoms with Gasteiger partial charge in [-0.15, -0.1) is 0 Å². The SMILES string of the molecule is CCCCCCCCC(CC)OC(=O)CCCCCC(O)CN(CCCO)CCCCCCCC(=O)OC(CCCCCCCC)CCCCCCCC. The Morgan fingerprint density at radius 3 is 1.31 bits per heavy atom. The largest absolute Gasteiger partial charge is 0.462 e. The maximum absolute atomic E-state index is 12.7. The molecular formula is C47H93NO6. The fourth-order valence-corrected chi connectivity index (χ4v) is 7.49. The number of unbranched alkanes of at least 4 members (excludes halogenated alkanes) is 21. The van der Waals surface area contributed by atoms with Gasteiger partial charge in [0.1, 0.15) is 12.2 Å². The molecule has 0 aromatic carbocycles. The summed E-state index contributed by atoms with van der Waals surface area (Å²) in [6, 6.07) is 0. The number of carbonyl (C=O) groups excluding carboxylic acids is 2. The van der Waals surface area contributed by atoms with Crippen molar-refractivity contribution in [1.82, 2.24) is 4.90 Å². The molecular weight excluding hydrogens is 675 g/mol. The number of aliphatic hydroxyl groups excluding tert-OH is 2. The number of nitrogens with zero attached hydrogens (tertiary/aromatic N) is 1. The van der Waals surface area contributed by atoms with Crippen LogP contribution < -0.4 is 0 Å². The van der Waals surface area contributed by atoms with Gasteiger partial charge < -0.3 is 24.6 Å². The number of carbonyl (C=O) groups is 2. The van der Waals surface area contributed by atoms with Crippen LogP contribution in [0.2, 0.25) is 0 Å². The van der Waals surface area contributed by atoms with Crippen molar-refractivity contribution in [2.45, 2.75) is 264 Å². The van der Waals surface area contributed by atoms with Gasteiger partial charge in [-0.1, -0.05) is 156 Å². The maximum atomic E-state index is 12.7. The Kier molecular flexibility index (Phi) is 40.5. The summed E-state index contributed by atoms with van der Waals surface area (Å²) in [5.41, 5.74) is 0. The molecule has 7 nitrogen and oxygen atoms in total. The van der Waals surface area contributed by atoms with Crippen LogP contribution in [-0.4, -0.2) is 71.6 Å². The third-order valence-electron chi connectivity index (χ3n) is 11.1. The second-order valence-corrected chi connectivity index (χ2v) is 16.5. The average molecular weight is 768 g/mol. The molecule has 7 heteroatoms. The van der Waals surface area contributed by atoms with Crippen LogP contribution in [0.1, 0.15) is 246 Å². The van der Waals surface area contributed by atoms with Crippen LogP contribution in [0.15, 0.2) is 0 Å². The molecule has 0 bridgehead atoms. The Morgan fingerprint density at radius 2 is 0.833 bits per heavy atom. The highest BCUT2D eigenvalue weighted by molar-refractivity contribution is 5.69. The fourth-order valence-electron chi connectivity index (χ4n) is 7.49. The van der Waals surface area contributed by atoms with E-state index in [1.807, 2.05) is 0 Å². The standard InChI is InChI=1S/C47H93NO6/c1-5-9-12-15-19-26-34-44(8-4)53-46(51)38-30-24-25-33-43(50)42-48(40-32-41-49)39-31-23-18-22-29-37-47(52)54-45(35-27-20-16-13-10-6-2)36-28-21-17-14-11-7-3/h43-45,49-50H,5-42H2,1-4H3. The Morgan fingerprint density at radius 1 is 0.463 bits per heavy atom. The van der Waals surface area contributed by atoms with E-state index in [2.05, 4.69) is 32.6 Å². The van der Waals surface area contributed by atoms with Crippen LogP contribution in [0, 0.1) is 0 Å². The van der Waals surface area contributed by atoms with E-state index in [0.717, 1.165) is 103 Å². The molecule has 0 saturated heterocycles. The van der Waals surface area contributed by atoms with Gasteiger partial charge in [0.2, 0.25) is 0 Å². The molecule has 0 aliphatic heterocycles. The molecule has 0 fully saturated rings. The van der Waals surface area contributed by atoms with E-state index < -0.39 is 6.10 Å². The molecule has 322 valence electrons. The molecule has 0 aromatic rings. The molecule has 0 radical (unpaired) electrons. The monoisotopic (exact) mass is 768 g/mol. The summed E-state index contributed by atoms with van der Waals surface area (Å²) >= 11 is 0. The Bertz CT molecular complexity index is 778. The van der Waals surface area contributed by atoms with Crippen molar-refractivity contribution in [2.24, 2.45) is 0 Å². The molecule has 2 N–H and O–H groups in total. The van der Waals surface area contributed by atoms with E-state index in [9.17, 15) is 19.8 Å². The predicted molar refractivity (Wildman–Crippen MR) is 229 cm³/mol. The fraction of sp³-hybridized carbons (Fsp3) is 0.957. The minimum Gasteiger partial charge on any atom is -0.462 e. The van der Waals surface area contributed by atoms with Crippen LogP contribution in [0.5, 0.6) is 0 Å². The van der Waals surface area contributed by atoms with Crippen LogP contribution in [0.3, 0.4) is 0 Å². The molecule has 0 aliphatic rings. The van der Waals surface area contributed by atoms with Crippen molar-refractivity contribution in [3.63, 3.8) is 0 Å². The van der Waals surface area contributed by atoms with Crippen molar-refractivity contribution in [3.05, 3.63) is 0 Å². The lowest BCUT2D eigenvalue weighted by atomic mass is 10.0. The smallest absolute Gasteiger partial charge is 0.306 e. The minimum absolute atomic E-state index is 0.00926. The predicted octanol–water partition coefficient (Wildman–Crippen LogP) is 12.8. The highest BCUT2D eigenvalue weighted by Crippen LogP contribution is 2.19. The molecule has 0 spiro atoms. The van der Waals surface area contributed by atoms with Gasteiger partial charge in [-0.25, -0.2) is 0 Å². The zero-order valence-corrected chi connectivity index (χ0v) is 36.6. The average Bonchev–Trinajstić information content (AvgIpc) is 3.16. The molecule has 54 heavy (non-hydrogen) atoms. The summed E-state index contributed by atoms with van der Waals surface area (Å²) < 4.78 is 11.8. The lowest BCUT2D eigenvalue weighted by Crippen LogP contribution is -2.34. The van der Waals surface area contributed by atoms with Crippen molar-refractivity contribution >= 4 is 11.9 Å². The van der Waals surface area contributed by atoms with Gasteiger partial charge in [0.05, 0.1) is 6.10 Å². The van der Waals surface area contributed by atoms with Gasteiger partial charge in [0.15, 0.2) is 0 Å². The number of hydrogen-bond donors (Lipinski definition) is 2. The Balaban J connectivity index is 4.24. The second kappa shape index (κ2) is 41.5. The van der Waals surface area contributed by atoms with Gasteiger partial charge in [0.25, 0.3) is 0 Å². The van der Waals surface area contributed by atoms with Gasteiger partial charge in [-0.05, 0) is 83.6 Å². The van der Waals surface area contributed by atoms with Crippen molar-refractivity contribution in [3.8, 4) is 0 Å². The lowest BCUT2D eigenvalue weighted by molar-refractivity contribution is -0.150. The molecule has 0 saturated carbocycles. The first-order chi connectivity index (χ1) is 26.4. The number of aliphatic hydroxyl groups is 2. The third kappa shape index (κ3) is 36.5. The van der Waals surface area contributed by atoms with E-state index in [-0.39, 0.29) is 30.8 Å². The summed E-state index contributed by atoms with van der Waals surface area (Å²) in [6.45, 7) is 11.3. The van der Waals surface area contributed by atoms with E-state index in [1.54, 1.807) is 0 Å². The quantitative estimate of drug-likeness (QED) is 0.0471. The van der Waals surface area contributed by atoms with Gasteiger partial charge >= 0.3 is 11.9 Å². The van der Waals surface area contributed by atoms with Gasteiger partial charge in [-0.2, -0.15) is 0 Å². The van der Waals surface area contributed by atoms with Gasteiger partial charge in [0, 0.05) is 32.5 Å². The van der Waals surface area contributed by atoms with E-state index >= 15 is 0 Å². The molecule has 0 heterocycles. The van der Waals surface area contributed by atoms with Crippen molar-refractivity contribution < 1.29 is 29.3 Å². The first-order valence-electron chi connectivity index (χ1n) is 23.8. The summed E-state index contributed by atoms with van der Waals surface area (Å²) in [5.74, 6) is -0.0836. The molecule has 0 amide bonds. The second-order valence-electron chi connectivity index (χ2n) is 16.5. The third-order valence-corrected chi connectivity index (χ3v) is 11.1. The summed E-state index contributed by atoms with van der Waals surface area (Å²) in [7, 11) is 0. The van der Waals surface area contributed by atoms with Crippen molar-refractivity contribution in [2.75, 3.05) is 26.2 Å². The molecule has 0 aliphatic carbocycles. The number of rotatable bonds is 43. The molecule has 2 atom stereocenters. The highest BCUT2D eigenvalue weighted by Gasteiger charge is 2.16. The van der Waals surface area contributed by atoms with Crippen LogP contribution in [0.25, 0.3) is 0 Å². The topological polar surface area (TPSA) is 96.3 Å². The van der Waals surface area contributed by atoms with Crippen LogP contribution >= 0.6 is 0 Å². The van der Waals surface area contributed by atoms with E-state index in [1.165, 1.54) is 109 Å². The Labute approximate surface area is 335 Å². The number of ether oxygens (including phenoxy) is 2. The zero-order chi connectivity index (χ0) is 39.7. The van der Waals surface area contributed by atoms with Crippen molar-refractivity contribution in [1.29, 1.82) is 0 Å². The first-order valence-corrected chi connectivity index (χ1v) is 23.8. The number of esters is 2. The Hall–Kier alpha value is -1.18. The van der Waals surface area contributed by atoms with E-state index in [0.29, 0.717) is 25.8 Å². The van der Waals surface area contributed by atoms with Gasteiger partial charge in [-0.3, -0.25) is 9.59 Å². The molecule has 0 aromatic heterocycles. The van der Waals surface area contributed by atoms with Crippen LogP contribution in [0.4, 0.5) is 0 Å². The zero-order valence-electron chi connectivity index (χ0n) is 36.6.